The van der Waals surface area contributed by atoms with Gasteiger partial charge in [0.25, 0.3) is 5.91 Å². The molecule has 2 aromatic carbocycles. The van der Waals surface area contributed by atoms with Crippen molar-refractivity contribution in [3.8, 4) is 0 Å². The number of hydrogen-bond acceptors (Lipinski definition) is 2. The van der Waals surface area contributed by atoms with E-state index in [2.05, 4.69) is 0 Å². The predicted octanol–water partition coefficient (Wildman–Crippen LogP) is 3.08. The first-order chi connectivity index (χ1) is 9.38. The van der Waals surface area contributed by atoms with Crippen molar-refractivity contribution in [1.29, 1.82) is 0 Å². The number of carbonyl (C=O) groups excluding carboxylic acids is 1. The van der Waals surface area contributed by atoms with Crippen LogP contribution in [0, 0.1) is 23.3 Å². The van der Waals surface area contributed by atoms with E-state index in [4.69, 9.17) is 5.73 Å². The van der Waals surface area contributed by atoms with Gasteiger partial charge in [-0.25, -0.2) is 17.6 Å². The van der Waals surface area contributed by atoms with Crippen LogP contribution in [0.4, 0.5) is 28.9 Å². The fourth-order valence-electron chi connectivity index (χ4n) is 1.50. The zero-order valence-electron chi connectivity index (χ0n) is 9.88. The molecule has 3 N–H and O–H groups in total. The number of amides is 1. The van der Waals surface area contributed by atoms with Crippen LogP contribution in [-0.2, 0) is 0 Å². The van der Waals surface area contributed by atoms with Gasteiger partial charge in [0.05, 0.1) is 5.69 Å². The van der Waals surface area contributed by atoms with Crippen molar-refractivity contribution in [2.24, 2.45) is 0 Å². The summed E-state index contributed by atoms with van der Waals surface area (Å²) < 4.78 is 52.7. The van der Waals surface area contributed by atoms with Gasteiger partial charge in [-0.3, -0.25) is 4.79 Å². The quantitative estimate of drug-likeness (QED) is 0.657. The Morgan fingerprint density at radius 3 is 2.15 bits per heavy atom. The van der Waals surface area contributed by atoms with Crippen LogP contribution in [-0.4, -0.2) is 5.91 Å². The van der Waals surface area contributed by atoms with Gasteiger partial charge in [-0.2, -0.15) is 0 Å². The van der Waals surface area contributed by atoms with Crippen molar-refractivity contribution < 1.29 is 22.4 Å². The molecule has 0 aromatic heterocycles. The summed E-state index contributed by atoms with van der Waals surface area (Å²) in [6, 6.07) is 3.83. The fraction of sp³-hybridized carbons (Fsp3) is 0. The maximum atomic E-state index is 13.3. The molecule has 7 heteroatoms. The summed E-state index contributed by atoms with van der Waals surface area (Å²) in [6.07, 6.45) is 0. The van der Waals surface area contributed by atoms with Gasteiger partial charge in [0, 0.05) is 11.6 Å². The molecule has 104 valence electrons. The summed E-state index contributed by atoms with van der Waals surface area (Å²) >= 11 is 0. The average Bonchev–Trinajstić information content (AvgIpc) is 2.39. The molecular weight excluding hydrogens is 276 g/mol. The van der Waals surface area contributed by atoms with Crippen LogP contribution in [0.3, 0.4) is 0 Å². The number of anilines is 2. The molecule has 3 nitrogen and oxygen atoms in total. The lowest BCUT2D eigenvalue weighted by Gasteiger charge is -2.08. The number of nitrogens with one attached hydrogen (secondary N) is 1. The Kier molecular flexibility index (Phi) is 3.60. The largest absolute Gasteiger partial charge is 0.394 e. The first kappa shape index (κ1) is 13.9. The highest BCUT2D eigenvalue weighted by atomic mass is 19.1. The molecular formula is C13H8F4N2O. The Morgan fingerprint density at radius 2 is 1.55 bits per heavy atom. The van der Waals surface area contributed by atoms with Crippen LogP contribution in [0.5, 0.6) is 0 Å². The highest BCUT2D eigenvalue weighted by Gasteiger charge is 2.15. The monoisotopic (exact) mass is 284 g/mol. The molecule has 0 aliphatic heterocycles. The van der Waals surface area contributed by atoms with Gasteiger partial charge in [-0.05, 0) is 24.3 Å². The molecule has 0 aliphatic carbocycles. The Hall–Kier alpha value is -2.57. The van der Waals surface area contributed by atoms with E-state index in [0.717, 1.165) is 18.2 Å². The molecule has 0 radical (unpaired) electrons. The highest BCUT2D eigenvalue weighted by molar-refractivity contribution is 6.04. The SMILES string of the molecule is Nc1c(F)cc(C(=O)Nc2cc(F)ccc2F)cc1F. The summed E-state index contributed by atoms with van der Waals surface area (Å²) in [5.41, 5.74) is 3.49. The van der Waals surface area contributed by atoms with Gasteiger partial charge in [0.2, 0.25) is 0 Å². The Morgan fingerprint density at radius 1 is 0.950 bits per heavy atom. The second kappa shape index (κ2) is 5.20. The summed E-state index contributed by atoms with van der Waals surface area (Å²) in [7, 11) is 0. The average molecular weight is 284 g/mol. The van der Waals surface area contributed by atoms with Crippen LogP contribution in [0.1, 0.15) is 10.4 Å². The van der Waals surface area contributed by atoms with E-state index in [-0.39, 0.29) is 0 Å². The predicted molar refractivity (Wildman–Crippen MR) is 65.1 cm³/mol. The number of benzene rings is 2. The fourth-order valence-corrected chi connectivity index (χ4v) is 1.50. The summed E-state index contributed by atoms with van der Waals surface area (Å²) in [4.78, 5) is 11.7. The van der Waals surface area contributed by atoms with E-state index in [1.165, 1.54) is 0 Å². The van der Waals surface area contributed by atoms with Crippen LogP contribution >= 0.6 is 0 Å². The molecule has 0 atom stereocenters. The maximum Gasteiger partial charge on any atom is 0.255 e. The van der Waals surface area contributed by atoms with Crippen LogP contribution in [0.25, 0.3) is 0 Å². The minimum absolute atomic E-state index is 0.405. The molecule has 0 unspecified atom stereocenters. The highest BCUT2D eigenvalue weighted by Crippen LogP contribution is 2.20. The normalized spacial score (nSPS) is 10.4. The molecule has 2 aromatic rings. The zero-order chi connectivity index (χ0) is 14.9. The van der Waals surface area contributed by atoms with Crippen molar-refractivity contribution >= 4 is 17.3 Å². The molecule has 0 aliphatic rings. The molecule has 0 heterocycles. The maximum absolute atomic E-state index is 13.3. The van der Waals surface area contributed by atoms with E-state index >= 15 is 0 Å². The van der Waals surface area contributed by atoms with Gasteiger partial charge in [-0.1, -0.05) is 0 Å². The van der Waals surface area contributed by atoms with Crippen molar-refractivity contribution in [2.45, 2.75) is 0 Å². The topological polar surface area (TPSA) is 55.1 Å². The number of nitrogens with two attached hydrogens (primary N) is 1. The molecule has 0 spiro atoms. The third-order valence-electron chi connectivity index (χ3n) is 2.52. The van der Waals surface area contributed by atoms with Crippen molar-refractivity contribution in [2.75, 3.05) is 11.1 Å². The summed E-state index contributed by atoms with van der Waals surface area (Å²) in [5.74, 6) is -4.87. The third kappa shape index (κ3) is 2.71. The molecule has 0 fully saturated rings. The minimum Gasteiger partial charge on any atom is -0.394 e. The van der Waals surface area contributed by atoms with Crippen molar-refractivity contribution in [1.82, 2.24) is 0 Å². The molecule has 0 saturated carbocycles. The van der Waals surface area contributed by atoms with E-state index in [1.807, 2.05) is 5.32 Å². The Balaban J connectivity index is 2.31. The van der Waals surface area contributed by atoms with Gasteiger partial charge < -0.3 is 11.1 Å². The zero-order valence-corrected chi connectivity index (χ0v) is 9.88. The second-order valence-corrected chi connectivity index (χ2v) is 3.93. The van der Waals surface area contributed by atoms with Crippen LogP contribution in [0.2, 0.25) is 0 Å². The summed E-state index contributed by atoms with van der Waals surface area (Å²) in [5, 5.41) is 2.01. The van der Waals surface area contributed by atoms with Crippen molar-refractivity contribution in [3.63, 3.8) is 0 Å². The van der Waals surface area contributed by atoms with E-state index in [9.17, 15) is 22.4 Å². The molecule has 2 rings (SSSR count). The standard InChI is InChI=1S/C13H8F4N2O/c14-7-1-2-8(15)11(5-7)19-13(20)6-3-9(16)12(18)10(17)4-6/h1-5H,18H2,(H,19,20). The number of hydrogen-bond donors (Lipinski definition) is 2. The smallest absolute Gasteiger partial charge is 0.255 e. The summed E-state index contributed by atoms with van der Waals surface area (Å²) in [6.45, 7) is 0. The van der Waals surface area contributed by atoms with Crippen LogP contribution in [0.15, 0.2) is 30.3 Å². The van der Waals surface area contributed by atoms with Gasteiger partial charge in [0.15, 0.2) is 0 Å². The van der Waals surface area contributed by atoms with E-state index < -0.39 is 46.1 Å². The molecule has 20 heavy (non-hydrogen) atoms. The molecule has 1 amide bonds. The lowest BCUT2D eigenvalue weighted by atomic mass is 10.1. The first-order valence-corrected chi connectivity index (χ1v) is 5.39. The number of rotatable bonds is 2. The van der Waals surface area contributed by atoms with Gasteiger partial charge in [-0.15, -0.1) is 0 Å². The van der Waals surface area contributed by atoms with E-state index in [0.29, 0.717) is 12.1 Å². The lowest BCUT2D eigenvalue weighted by Crippen LogP contribution is -2.14. The second-order valence-electron chi connectivity index (χ2n) is 3.93. The van der Waals surface area contributed by atoms with E-state index in [1.54, 1.807) is 0 Å². The lowest BCUT2D eigenvalue weighted by molar-refractivity contribution is 0.102. The van der Waals surface area contributed by atoms with Crippen LogP contribution < -0.4 is 11.1 Å². The molecule has 0 bridgehead atoms. The third-order valence-corrected chi connectivity index (χ3v) is 2.52. The first-order valence-electron chi connectivity index (χ1n) is 5.39. The van der Waals surface area contributed by atoms with Crippen molar-refractivity contribution in [3.05, 3.63) is 59.2 Å². The molecule has 0 saturated heterocycles. The number of nitrogen functional groups attached to an aromatic ring is 1. The Labute approximate surface area is 111 Å². The van der Waals surface area contributed by atoms with Gasteiger partial charge >= 0.3 is 0 Å². The van der Waals surface area contributed by atoms with Gasteiger partial charge in [0.1, 0.15) is 29.0 Å². The Bertz CT molecular complexity index is 665. The number of carbonyl (C=O) groups is 1. The number of halogens is 4. The minimum atomic E-state index is -1.12.